The Bertz CT molecular complexity index is 802. The van der Waals surface area contributed by atoms with Crippen molar-refractivity contribution in [2.45, 2.75) is 38.9 Å². The molecule has 26 heavy (non-hydrogen) atoms. The summed E-state index contributed by atoms with van der Waals surface area (Å²) in [6, 6.07) is 5.20. The van der Waals surface area contributed by atoms with Gasteiger partial charge in [0.1, 0.15) is 5.82 Å². The molecule has 0 saturated carbocycles. The van der Waals surface area contributed by atoms with Crippen LogP contribution in [0.15, 0.2) is 29.3 Å². The lowest BCUT2D eigenvalue weighted by Crippen LogP contribution is -2.61. The van der Waals surface area contributed by atoms with Gasteiger partial charge in [0.2, 0.25) is 11.9 Å². The van der Waals surface area contributed by atoms with Crippen molar-refractivity contribution in [3.63, 3.8) is 0 Å². The summed E-state index contributed by atoms with van der Waals surface area (Å²) in [5.41, 5.74) is 0.848. The van der Waals surface area contributed by atoms with Crippen molar-refractivity contribution in [1.29, 1.82) is 0 Å². The van der Waals surface area contributed by atoms with E-state index in [2.05, 4.69) is 10.3 Å². The Balaban J connectivity index is 2.00. The third kappa shape index (κ3) is 3.07. The highest BCUT2D eigenvalue weighted by Crippen LogP contribution is 2.20. The smallest absolute Gasteiger partial charge is 0.272 e. The number of hydrogen-bond acceptors (Lipinski definition) is 4. The van der Waals surface area contributed by atoms with Crippen LogP contribution in [0.5, 0.6) is 0 Å². The van der Waals surface area contributed by atoms with E-state index in [1.54, 1.807) is 19.2 Å². The summed E-state index contributed by atoms with van der Waals surface area (Å²) in [4.78, 5) is 32.0. The average Bonchev–Trinajstić information content (AvgIpc) is 2.98. The molecule has 2 aliphatic rings. The summed E-state index contributed by atoms with van der Waals surface area (Å²) >= 11 is 0. The number of nitrogens with one attached hydrogen (secondary N) is 1. The first-order chi connectivity index (χ1) is 12.3. The number of hydrogen-bond donors (Lipinski definition) is 1. The number of amidine groups is 1. The number of imide groups is 1. The van der Waals surface area contributed by atoms with Crippen molar-refractivity contribution < 1.29 is 18.6 Å². The molecule has 0 radical (unpaired) electrons. The van der Waals surface area contributed by atoms with Crippen molar-refractivity contribution in [3.8, 4) is 0 Å². The lowest BCUT2D eigenvalue weighted by atomic mass is 10.1. The number of carbonyl (C=O) groups excluding carboxylic acids is 2. The van der Waals surface area contributed by atoms with Gasteiger partial charge in [0.15, 0.2) is 0 Å². The molecule has 2 aliphatic heterocycles. The monoisotopic (exact) mass is 360 g/mol. The molecule has 2 heterocycles. The molecule has 8 heteroatoms. The summed E-state index contributed by atoms with van der Waals surface area (Å²) in [6.45, 7) is 4.44. The summed E-state index contributed by atoms with van der Waals surface area (Å²) < 4.78 is 15.0. The molecular formula is C18H23FN5O2+. The van der Waals surface area contributed by atoms with Gasteiger partial charge in [0.05, 0.1) is 12.6 Å². The summed E-state index contributed by atoms with van der Waals surface area (Å²) in [5, 5.41) is 3.31. The van der Waals surface area contributed by atoms with Crippen LogP contribution >= 0.6 is 0 Å². The largest absolute Gasteiger partial charge is 0.390 e. The van der Waals surface area contributed by atoms with Gasteiger partial charge in [-0.3, -0.25) is 19.9 Å². The molecule has 0 spiro atoms. The molecule has 1 aromatic carbocycles. The number of halogens is 1. The number of benzene rings is 1. The fourth-order valence-corrected chi connectivity index (χ4v) is 2.99. The van der Waals surface area contributed by atoms with E-state index in [0.29, 0.717) is 18.3 Å². The first-order valence-corrected chi connectivity index (χ1v) is 8.61. The van der Waals surface area contributed by atoms with Gasteiger partial charge < -0.3 is 0 Å². The number of guanidine groups is 1. The van der Waals surface area contributed by atoms with Gasteiger partial charge in [0.25, 0.3) is 5.91 Å². The number of carbonyl (C=O) groups is 2. The minimum atomic E-state index is -0.681. The fraction of sp³-hybridized carbons (Fsp3) is 0.444. The number of amides is 3. The van der Waals surface area contributed by atoms with E-state index in [1.807, 2.05) is 18.4 Å². The van der Waals surface area contributed by atoms with Crippen LogP contribution in [0, 0.1) is 5.82 Å². The maximum atomic E-state index is 13.2. The van der Waals surface area contributed by atoms with E-state index in [0.717, 1.165) is 16.9 Å². The highest BCUT2D eigenvalue weighted by molar-refractivity contribution is 6.22. The van der Waals surface area contributed by atoms with Crippen molar-refractivity contribution in [3.05, 3.63) is 35.6 Å². The predicted molar refractivity (Wildman–Crippen MR) is 95.4 cm³/mol. The highest BCUT2D eigenvalue weighted by atomic mass is 19.1. The summed E-state index contributed by atoms with van der Waals surface area (Å²) in [7, 11) is 3.08. The molecule has 7 nitrogen and oxygen atoms in total. The van der Waals surface area contributed by atoms with Gasteiger partial charge in [-0.1, -0.05) is 24.0 Å². The molecule has 1 aromatic rings. The van der Waals surface area contributed by atoms with Crippen LogP contribution in [0.4, 0.5) is 9.18 Å². The van der Waals surface area contributed by atoms with E-state index < -0.39 is 12.1 Å². The van der Waals surface area contributed by atoms with Crippen molar-refractivity contribution in [1.82, 2.24) is 15.1 Å². The van der Waals surface area contributed by atoms with E-state index in [4.69, 9.17) is 0 Å². The van der Waals surface area contributed by atoms with Gasteiger partial charge in [-0.25, -0.2) is 13.8 Å². The van der Waals surface area contributed by atoms with Crippen molar-refractivity contribution in [2.24, 2.45) is 4.99 Å². The van der Waals surface area contributed by atoms with Gasteiger partial charge in [-0.05, 0) is 31.0 Å². The second kappa shape index (κ2) is 6.86. The molecule has 0 aliphatic carbocycles. The quantitative estimate of drug-likeness (QED) is 0.825. The molecule has 0 bridgehead atoms. The molecule has 2 unspecified atom stereocenters. The Morgan fingerprint density at radius 1 is 1.23 bits per heavy atom. The van der Waals surface area contributed by atoms with Crippen molar-refractivity contribution >= 4 is 23.7 Å². The molecule has 1 N–H and O–H groups in total. The van der Waals surface area contributed by atoms with Crippen LogP contribution < -0.4 is 5.32 Å². The molecule has 3 amide bonds. The Hall–Kier alpha value is -2.77. The zero-order chi connectivity index (χ0) is 19.0. The normalized spacial score (nSPS) is 21.1. The summed E-state index contributed by atoms with van der Waals surface area (Å²) in [6.07, 6.45) is 0.881. The number of likely N-dealkylation sites (N-methyl/N-ethyl adjacent to an activating group) is 2. The molecule has 3 rings (SSSR count). The van der Waals surface area contributed by atoms with Gasteiger partial charge in [-0.15, -0.1) is 0 Å². The molecule has 2 atom stereocenters. The standard InChI is InChI=1S/C18H22FN5O2/c1-5-11(2)20-17-21-15-14(16(25)23(4)18(26)22(15)3)24(17)10-12-6-8-13(19)9-7-12/h6-9,11,14H,5,10H2,1-4H3/p+1. The minimum absolute atomic E-state index is 0.152. The van der Waals surface area contributed by atoms with Gasteiger partial charge in [0, 0.05) is 14.1 Å². The van der Waals surface area contributed by atoms with E-state index in [1.165, 1.54) is 24.1 Å². The topological polar surface area (TPSA) is 68.0 Å². The van der Waals surface area contributed by atoms with Crippen LogP contribution in [0.2, 0.25) is 0 Å². The Morgan fingerprint density at radius 3 is 2.50 bits per heavy atom. The lowest BCUT2D eigenvalue weighted by Gasteiger charge is -2.31. The van der Waals surface area contributed by atoms with Crippen LogP contribution in [0.25, 0.3) is 0 Å². The van der Waals surface area contributed by atoms with Gasteiger partial charge >= 0.3 is 12.0 Å². The second-order valence-electron chi connectivity index (χ2n) is 6.64. The van der Waals surface area contributed by atoms with Crippen LogP contribution in [-0.4, -0.2) is 64.3 Å². The number of nitrogens with zero attached hydrogens (tertiary/aromatic N) is 4. The third-order valence-corrected chi connectivity index (χ3v) is 4.78. The number of aliphatic imine (C=N–C) groups is 1. The van der Waals surface area contributed by atoms with Crippen molar-refractivity contribution in [2.75, 3.05) is 14.1 Å². The zero-order valence-corrected chi connectivity index (χ0v) is 15.4. The number of urea groups is 1. The second-order valence-corrected chi connectivity index (χ2v) is 6.64. The third-order valence-electron chi connectivity index (χ3n) is 4.78. The number of fused-ring (bicyclic) bond motifs is 1. The minimum Gasteiger partial charge on any atom is -0.272 e. The zero-order valence-electron chi connectivity index (χ0n) is 15.4. The Morgan fingerprint density at radius 2 is 1.88 bits per heavy atom. The first kappa shape index (κ1) is 18.0. The van der Waals surface area contributed by atoms with Gasteiger partial charge in [-0.2, -0.15) is 0 Å². The molecule has 0 aromatic heterocycles. The predicted octanol–water partition coefficient (Wildman–Crippen LogP) is 1.39. The van der Waals surface area contributed by atoms with Crippen LogP contribution in [0.1, 0.15) is 25.8 Å². The highest BCUT2D eigenvalue weighted by Gasteiger charge is 2.51. The van der Waals surface area contributed by atoms with Crippen LogP contribution in [-0.2, 0) is 11.3 Å². The molecule has 138 valence electrons. The maximum absolute atomic E-state index is 13.2. The Labute approximate surface area is 151 Å². The summed E-state index contributed by atoms with van der Waals surface area (Å²) in [5.74, 6) is 0.320. The first-order valence-electron chi connectivity index (χ1n) is 8.61. The van der Waals surface area contributed by atoms with E-state index >= 15 is 0 Å². The van der Waals surface area contributed by atoms with E-state index in [-0.39, 0.29) is 17.8 Å². The maximum Gasteiger partial charge on any atom is 0.390 e. The Kier molecular flexibility index (Phi) is 4.76. The van der Waals surface area contributed by atoms with E-state index in [9.17, 15) is 14.0 Å². The lowest BCUT2D eigenvalue weighted by molar-refractivity contribution is -0.553. The number of rotatable bonds is 4. The SMILES string of the molecule is CCC(C)NC1=[N+](Cc2ccc(F)cc2)C2C(=O)N(C)C(=O)N(C)C2=N1. The molecule has 1 fully saturated rings. The molecule has 1 saturated heterocycles. The molecular weight excluding hydrogens is 337 g/mol. The van der Waals surface area contributed by atoms with Crippen LogP contribution in [0.3, 0.4) is 0 Å². The average molecular weight is 360 g/mol. The fourth-order valence-electron chi connectivity index (χ4n) is 2.99.